The van der Waals surface area contributed by atoms with Gasteiger partial charge in [0.1, 0.15) is 10.5 Å². The fourth-order valence-corrected chi connectivity index (χ4v) is 3.14. The molecular formula is C12H9N3O3S. The predicted molar refractivity (Wildman–Crippen MR) is 66.7 cm³/mol. The summed E-state index contributed by atoms with van der Waals surface area (Å²) in [4.78, 5) is 30.0. The first-order valence-corrected chi connectivity index (χ1v) is 6.77. The Balaban J connectivity index is 1.59. The highest BCUT2D eigenvalue weighted by Gasteiger charge is 2.44. The first-order valence-electron chi connectivity index (χ1n) is 5.89. The summed E-state index contributed by atoms with van der Waals surface area (Å²) in [6.45, 7) is 0. The predicted octanol–water partition coefficient (Wildman–Crippen LogP) is 1.19. The summed E-state index contributed by atoms with van der Waals surface area (Å²) in [5.41, 5.74) is 0.341. The maximum absolute atomic E-state index is 12.1. The minimum absolute atomic E-state index is 0.0190. The molecule has 0 radical (unpaired) electrons. The number of ether oxygens (including phenoxy) is 1. The highest BCUT2D eigenvalue weighted by Crippen LogP contribution is 2.34. The number of hydrogen-bond donors (Lipinski definition) is 0. The minimum Gasteiger partial charge on any atom is -0.387 e. The van der Waals surface area contributed by atoms with Crippen LogP contribution in [0.1, 0.15) is 12.8 Å². The molecule has 0 unspecified atom stereocenters. The molecule has 0 aromatic carbocycles. The van der Waals surface area contributed by atoms with E-state index in [0.29, 0.717) is 12.1 Å². The lowest BCUT2D eigenvalue weighted by Crippen LogP contribution is -2.50. The van der Waals surface area contributed by atoms with Crippen LogP contribution in [0, 0.1) is 0 Å². The van der Waals surface area contributed by atoms with E-state index in [-0.39, 0.29) is 18.0 Å². The molecule has 19 heavy (non-hydrogen) atoms. The Morgan fingerprint density at radius 2 is 2.42 bits per heavy atom. The van der Waals surface area contributed by atoms with Crippen LogP contribution in [-0.2, 0) is 9.59 Å². The highest BCUT2D eigenvalue weighted by atomic mass is 32.1. The summed E-state index contributed by atoms with van der Waals surface area (Å²) in [5, 5.41) is 1.89. The van der Waals surface area contributed by atoms with Crippen LogP contribution in [0.25, 0.3) is 4.83 Å². The lowest BCUT2D eigenvalue weighted by atomic mass is 10.0. The van der Waals surface area contributed by atoms with Gasteiger partial charge in [-0.2, -0.15) is 0 Å². The molecule has 6 nitrogen and oxygen atoms in total. The molecular weight excluding hydrogens is 266 g/mol. The average molecular weight is 275 g/mol. The Bertz CT molecular complexity index is 729. The van der Waals surface area contributed by atoms with Crippen LogP contribution in [0.3, 0.4) is 0 Å². The Kier molecular flexibility index (Phi) is 2.08. The molecule has 7 heteroatoms. The topological polar surface area (TPSA) is 63.9 Å². The van der Waals surface area contributed by atoms with Gasteiger partial charge in [0, 0.05) is 24.0 Å². The van der Waals surface area contributed by atoms with Gasteiger partial charge >= 0.3 is 12.0 Å². The molecule has 1 saturated heterocycles. The monoisotopic (exact) mass is 275 g/mol. The zero-order chi connectivity index (χ0) is 13.0. The maximum atomic E-state index is 12.1. The smallest absolute Gasteiger partial charge is 0.362 e. The van der Waals surface area contributed by atoms with Gasteiger partial charge in [0.15, 0.2) is 0 Å². The van der Waals surface area contributed by atoms with Gasteiger partial charge in [-0.3, -0.25) is 9.20 Å². The number of imidazole rings is 1. The molecule has 4 heterocycles. The number of hydrogen-bond acceptors (Lipinski definition) is 5. The molecule has 2 aliphatic rings. The fraction of sp³-hybridized carbons (Fsp3) is 0.250. The molecule has 96 valence electrons. The van der Waals surface area contributed by atoms with E-state index in [1.165, 1.54) is 16.2 Å². The van der Waals surface area contributed by atoms with Gasteiger partial charge in [-0.1, -0.05) is 6.08 Å². The van der Waals surface area contributed by atoms with Gasteiger partial charge in [0.2, 0.25) is 5.91 Å². The number of nitrogens with zero attached hydrogens (tertiary/aromatic N) is 3. The van der Waals surface area contributed by atoms with E-state index in [1.807, 2.05) is 5.38 Å². The van der Waals surface area contributed by atoms with Crippen molar-refractivity contribution in [1.82, 2.24) is 14.3 Å². The summed E-state index contributed by atoms with van der Waals surface area (Å²) in [5.74, 6) is -0.538. The molecule has 0 bridgehead atoms. The molecule has 1 amide bonds. The first kappa shape index (κ1) is 10.7. The van der Waals surface area contributed by atoms with Gasteiger partial charge in [-0.15, -0.1) is 11.3 Å². The highest BCUT2D eigenvalue weighted by molar-refractivity contribution is 7.15. The van der Waals surface area contributed by atoms with Crippen molar-refractivity contribution in [2.75, 3.05) is 0 Å². The zero-order valence-electron chi connectivity index (χ0n) is 9.78. The largest absolute Gasteiger partial charge is 0.387 e. The molecule has 2 aliphatic heterocycles. The van der Waals surface area contributed by atoms with Crippen LogP contribution < -0.4 is 4.74 Å². The third-order valence-corrected chi connectivity index (χ3v) is 4.21. The number of rotatable bonds is 2. The van der Waals surface area contributed by atoms with Gasteiger partial charge in [0.25, 0.3) is 0 Å². The van der Waals surface area contributed by atoms with Crippen LogP contribution in [0.2, 0.25) is 0 Å². The second-order valence-corrected chi connectivity index (χ2v) is 5.41. The SMILES string of the molecule is O=C(Oc1ncc2sccn12)C1=CC[C@@H]2CC(=O)N12. The van der Waals surface area contributed by atoms with Gasteiger partial charge in [-0.05, 0) is 6.42 Å². The number of β-lactam (4-membered cyclic amide) rings is 1. The van der Waals surface area contributed by atoms with E-state index in [0.717, 1.165) is 11.3 Å². The van der Waals surface area contributed by atoms with Crippen LogP contribution in [0.4, 0.5) is 0 Å². The Labute approximate surface area is 111 Å². The molecule has 2 aromatic rings. The van der Waals surface area contributed by atoms with Gasteiger partial charge < -0.3 is 9.64 Å². The van der Waals surface area contributed by atoms with Gasteiger partial charge in [-0.25, -0.2) is 9.78 Å². The molecule has 0 N–H and O–H groups in total. The summed E-state index contributed by atoms with van der Waals surface area (Å²) in [7, 11) is 0. The van der Waals surface area contributed by atoms with Crippen molar-refractivity contribution in [3.63, 3.8) is 0 Å². The van der Waals surface area contributed by atoms with Crippen molar-refractivity contribution < 1.29 is 14.3 Å². The van der Waals surface area contributed by atoms with Crippen molar-refractivity contribution in [2.45, 2.75) is 18.9 Å². The summed E-state index contributed by atoms with van der Waals surface area (Å²) in [6.07, 6.45) is 6.44. The lowest BCUT2D eigenvalue weighted by Gasteiger charge is -2.35. The molecule has 1 fully saturated rings. The zero-order valence-corrected chi connectivity index (χ0v) is 10.6. The van der Waals surface area contributed by atoms with E-state index in [9.17, 15) is 9.59 Å². The van der Waals surface area contributed by atoms with Crippen molar-refractivity contribution in [3.8, 4) is 6.01 Å². The number of carbonyl (C=O) groups is 2. The summed E-state index contributed by atoms with van der Waals surface area (Å²) in [6, 6.07) is 0.384. The van der Waals surface area contributed by atoms with E-state index >= 15 is 0 Å². The normalized spacial score (nSPS) is 21.3. The summed E-state index contributed by atoms with van der Waals surface area (Å²) >= 11 is 1.51. The third-order valence-electron chi connectivity index (χ3n) is 3.41. The van der Waals surface area contributed by atoms with Crippen LogP contribution in [0.5, 0.6) is 6.01 Å². The Hall–Kier alpha value is -2.15. The van der Waals surface area contributed by atoms with Crippen LogP contribution >= 0.6 is 11.3 Å². The third kappa shape index (κ3) is 1.45. The molecule has 0 aliphatic carbocycles. The second kappa shape index (κ2) is 3.67. The number of fused-ring (bicyclic) bond motifs is 2. The van der Waals surface area contributed by atoms with Crippen molar-refractivity contribution >= 4 is 28.0 Å². The molecule has 1 atom stereocenters. The van der Waals surface area contributed by atoms with Crippen molar-refractivity contribution in [3.05, 3.63) is 29.5 Å². The fourth-order valence-electron chi connectivity index (χ4n) is 2.46. The van der Waals surface area contributed by atoms with Crippen molar-refractivity contribution in [2.24, 2.45) is 0 Å². The lowest BCUT2D eigenvalue weighted by molar-refractivity contribution is -0.146. The van der Waals surface area contributed by atoms with Crippen LogP contribution in [-0.4, -0.2) is 32.2 Å². The molecule has 0 spiro atoms. The Morgan fingerprint density at radius 1 is 1.53 bits per heavy atom. The average Bonchev–Trinajstić information content (AvgIpc) is 3.03. The number of carbonyl (C=O) groups excluding carboxylic acids is 2. The molecule has 4 rings (SSSR count). The molecule has 2 aromatic heterocycles. The first-order chi connectivity index (χ1) is 9.24. The number of aromatic nitrogens is 2. The van der Waals surface area contributed by atoms with Crippen molar-refractivity contribution in [1.29, 1.82) is 0 Å². The number of esters is 1. The standard InChI is InChI=1S/C12H9N3O3S/c16-9-5-7-1-2-8(15(7)9)11(17)18-12-13-6-10-14(12)3-4-19-10/h2-4,6-7H,1,5H2/t7-/m1/s1. The maximum Gasteiger partial charge on any atom is 0.362 e. The van der Waals surface area contributed by atoms with E-state index in [2.05, 4.69) is 4.98 Å². The number of amides is 1. The number of thiazole rings is 1. The van der Waals surface area contributed by atoms with Gasteiger partial charge in [0.05, 0.1) is 6.20 Å². The Morgan fingerprint density at radius 3 is 3.26 bits per heavy atom. The quantitative estimate of drug-likeness (QED) is 0.610. The second-order valence-electron chi connectivity index (χ2n) is 4.49. The summed E-state index contributed by atoms with van der Waals surface area (Å²) < 4.78 is 6.97. The van der Waals surface area contributed by atoms with E-state index in [1.54, 1.807) is 22.9 Å². The van der Waals surface area contributed by atoms with E-state index in [4.69, 9.17) is 4.74 Å². The molecule has 0 saturated carbocycles. The van der Waals surface area contributed by atoms with E-state index < -0.39 is 5.97 Å². The minimum atomic E-state index is -0.519. The van der Waals surface area contributed by atoms with Crippen LogP contribution in [0.15, 0.2) is 29.5 Å².